The Bertz CT molecular complexity index is 1570. The standard InChI is InChI=1S/C29H29N5O4/c1-29(2,37)28(36)34-10-7-17-3-4-18(13-19(17)8-11-34)21-14-23-25(32-33-26(23)31-16-21)20-5-6-22-24(15-20)38-12-9-30-27(22)35/h3-6,13-16,37H,7-12H2,1-2H3,(H,30,35)(H,31,32,33). The zero-order valence-corrected chi connectivity index (χ0v) is 21.4. The number of nitrogens with zero attached hydrogens (tertiary/aromatic N) is 3. The number of ether oxygens (including phenoxy) is 1. The Morgan fingerprint density at radius 2 is 1.82 bits per heavy atom. The number of carbonyl (C=O) groups excluding carboxylic acids is 2. The normalized spacial score (nSPS) is 15.7. The van der Waals surface area contributed by atoms with Gasteiger partial charge in [-0.25, -0.2) is 4.98 Å². The van der Waals surface area contributed by atoms with Gasteiger partial charge in [0, 0.05) is 35.8 Å². The van der Waals surface area contributed by atoms with Crippen LogP contribution >= 0.6 is 0 Å². The molecule has 0 radical (unpaired) electrons. The summed E-state index contributed by atoms with van der Waals surface area (Å²) >= 11 is 0. The minimum absolute atomic E-state index is 0.141. The minimum Gasteiger partial charge on any atom is -0.491 e. The van der Waals surface area contributed by atoms with Crippen molar-refractivity contribution in [1.29, 1.82) is 0 Å². The molecule has 4 aromatic rings. The minimum atomic E-state index is -1.37. The molecule has 2 aliphatic rings. The number of fused-ring (bicyclic) bond motifs is 3. The van der Waals surface area contributed by atoms with Gasteiger partial charge in [0.25, 0.3) is 11.8 Å². The molecule has 0 saturated carbocycles. The molecule has 38 heavy (non-hydrogen) atoms. The van der Waals surface area contributed by atoms with Crippen molar-refractivity contribution in [2.45, 2.75) is 32.3 Å². The molecule has 0 bridgehead atoms. The smallest absolute Gasteiger partial charge is 0.255 e. The van der Waals surface area contributed by atoms with E-state index in [9.17, 15) is 14.7 Å². The Labute approximate surface area is 219 Å². The van der Waals surface area contributed by atoms with E-state index in [0.717, 1.165) is 40.6 Å². The molecule has 0 saturated heterocycles. The van der Waals surface area contributed by atoms with Gasteiger partial charge in [-0.2, -0.15) is 5.10 Å². The highest BCUT2D eigenvalue weighted by atomic mass is 16.5. The Kier molecular flexibility index (Phi) is 5.87. The van der Waals surface area contributed by atoms with Crippen molar-refractivity contribution in [1.82, 2.24) is 25.4 Å². The molecule has 2 aromatic carbocycles. The van der Waals surface area contributed by atoms with Crippen LogP contribution in [0.2, 0.25) is 0 Å². The Morgan fingerprint density at radius 3 is 2.63 bits per heavy atom. The van der Waals surface area contributed by atoms with Crippen LogP contribution < -0.4 is 10.1 Å². The number of H-pyrrole nitrogens is 1. The molecule has 2 amide bonds. The second-order valence-electron chi connectivity index (χ2n) is 10.3. The van der Waals surface area contributed by atoms with Crippen molar-refractivity contribution in [2.75, 3.05) is 26.2 Å². The molecule has 194 valence electrons. The third kappa shape index (κ3) is 4.39. The maximum Gasteiger partial charge on any atom is 0.255 e. The topological polar surface area (TPSA) is 120 Å². The first-order valence-electron chi connectivity index (χ1n) is 12.8. The summed E-state index contributed by atoms with van der Waals surface area (Å²) in [6.45, 7) is 5.12. The van der Waals surface area contributed by atoms with E-state index in [1.165, 1.54) is 25.0 Å². The van der Waals surface area contributed by atoms with Crippen LogP contribution in [0.15, 0.2) is 48.7 Å². The van der Waals surface area contributed by atoms with Gasteiger partial charge in [-0.3, -0.25) is 14.7 Å². The van der Waals surface area contributed by atoms with Crippen molar-refractivity contribution in [3.8, 4) is 28.1 Å². The highest BCUT2D eigenvalue weighted by Gasteiger charge is 2.30. The first kappa shape index (κ1) is 24.1. The lowest BCUT2D eigenvalue weighted by atomic mass is 9.96. The van der Waals surface area contributed by atoms with E-state index < -0.39 is 5.60 Å². The van der Waals surface area contributed by atoms with Crippen LogP contribution in [-0.4, -0.2) is 68.8 Å². The summed E-state index contributed by atoms with van der Waals surface area (Å²) in [5, 5.41) is 21.4. The van der Waals surface area contributed by atoms with Crippen molar-refractivity contribution >= 4 is 22.8 Å². The summed E-state index contributed by atoms with van der Waals surface area (Å²) in [6, 6.07) is 14.0. The third-order valence-corrected chi connectivity index (χ3v) is 7.22. The van der Waals surface area contributed by atoms with Crippen molar-refractivity contribution < 1.29 is 19.4 Å². The summed E-state index contributed by atoms with van der Waals surface area (Å²) in [4.78, 5) is 31.2. The predicted octanol–water partition coefficient (Wildman–Crippen LogP) is 3.11. The molecule has 3 N–H and O–H groups in total. The first-order valence-corrected chi connectivity index (χ1v) is 12.8. The van der Waals surface area contributed by atoms with Crippen LogP contribution in [0.5, 0.6) is 5.75 Å². The summed E-state index contributed by atoms with van der Waals surface area (Å²) in [6.07, 6.45) is 3.29. The van der Waals surface area contributed by atoms with Crippen LogP contribution in [0.25, 0.3) is 33.4 Å². The number of hydrogen-bond donors (Lipinski definition) is 3. The lowest BCUT2D eigenvalue weighted by Gasteiger charge is -2.27. The highest BCUT2D eigenvalue weighted by Crippen LogP contribution is 2.33. The fourth-order valence-electron chi connectivity index (χ4n) is 5.18. The zero-order valence-electron chi connectivity index (χ0n) is 21.4. The molecule has 0 unspecified atom stereocenters. The average molecular weight is 512 g/mol. The van der Waals surface area contributed by atoms with E-state index in [4.69, 9.17) is 4.74 Å². The van der Waals surface area contributed by atoms with Crippen molar-refractivity contribution in [2.24, 2.45) is 0 Å². The number of amides is 2. The molecule has 2 aromatic heterocycles. The molecule has 0 fully saturated rings. The molecule has 6 rings (SSSR count). The Balaban J connectivity index is 1.32. The maximum absolute atomic E-state index is 12.6. The molecule has 9 heteroatoms. The zero-order chi connectivity index (χ0) is 26.4. The van der Waals surface area contributed by atoms with Gasteiger partial charge in [0.15, 0.2) is 5.65 Å². The van der Waals surface area contributed by atoms with Crippen molar-refractivity contribution in [3.05, 3.63) is 65.4 Å². The summed E-state index contributed by atoms with van der Waals surface area (Å²) in [7, 11) is 0. The first-order chi connectivity index (χ1) is 18.3. The van der Waals surface area contributed by atoms with Gasteiger partial charge in [-0.1, -0.05) is 24.3 Å². The molecular formula is C29H29N5O4. The monoisotopic (exact) mass is 511 g/mol. The van der Waals surface area contributed by atoms with Gasteiger partial charge in [-0.05, 0) is 61.6 Å². The molecule has 2 aliphatic heterocycles. The van der Waals surface area contributed by atoms with Crippen LogP contribution in [0.1, 0.15) is 35.3 Å². The SMILES string of the molecule is CC(C)(O)C(=O)N1CCc2ccc(-c3cnc4n[nH]c(-c5ccc6c(c5)OCCNC6=O)c4c3)cc2CC1. The lowest BCUT2D eigenvalue weighted by Crippen LogP contribution is -2.46. The van der Waals surface area contributed by atoms with E-state index in [0.29, 0.717) is 43.2 Å². The van der Waals surface area contributed by atoms with Crippen LogP contribution in [0.4, 0.5) is 0 Å². The molecule has 4 heterocycles. The number of carbonyl (C=O) groups is 2. The molecule has 0 atom stereocenters. The van der Waals surface area contributed by atoms with E-state index >= 15 is 0 Å². The van der Waals surface area contributed by atoms with E-state index in [2.05, 4.69) is 44.8 Å². The number of aromatic nitrogens is 3. The number of benzene rings is 2. The molecule has 0 aliphatic carbocycles. The molecule has 0 spiro atoms. The summed E-state index contributed by atoms with van der Waals surface area (Å²) < 4.78 is 5.79. The second-order valence-corrected chi connectivity index (χ2v) is 10.3. The van der Waals surface area contributed by atoms with Gasteiger partial charge >= 0.3 is 0 Å². The second kappa shape index (κ2) is 9.25. The van der Waals surface area contributed by atoms with E-state index in [1.807, 2.05) is 18.3 Å². The number of aromatic amines is 1. The summed E-state index contributed by atoms with van der Waals surface area (Å²) in [5.74, 6) is 0.168. The fraction of sp³-hybridized carbons (Fsp3) is 0.310. The predicted molar refractivity (Wildman–Crippen MR) is 143 cm³/mol. The van der Waals surface area contributed by atoms with Gasteiger partial charge in [0.2, 0.25) is 0 Å². The molecule has 9 nitrogen and oxygen atoms in total. The fourth-order valence-corrected chi connectivity index (χ4v) is 5.18. The third-order valence-electron chi connectivity index (χ3n) is 7.22. The quantitative estimate of drug-likeness (QED) is 0.389. The number of pyridine rings is 1. The number of nitrogens with one attached hydrogen (secondary N) is 2. The van der Waals surface area contributed by atoms with E-state index in [-0.39, 0.29) is 11.8 Å². The average Bonchev–Trinajstić information content (AvgIpc) is 3.09. The van der Waals surface area contributed by atoms with Crippen LogP contribution in [-0.2, 0) is 17.6 Å². The largest absolute Gasteiger partial charge is 0.491 e. The Morgan fingerprint density at radius 1 is 1.03 bits per heavy atom. The van der Waals surface area contributed by atoms with Gasteiger partial charge in [0.05, 0.1) is 17.8 Å². The Hall–Kier alpha value is -4.24. The lowest BCUT2D eigenvalue weighted by molar-refractivity contribution is -0.147. The van der Waals surface area contributed by atoms with Gasteiger partial charge < -0.3 is 20.1 Å². The van der Waals surface area contributed by atoms with Crippen LogP contribution in [0.3, 0.4) is 0 Å². The number of rotatable bonds is 3. The van der Waals surface area contributed by atoms with Crippen LogP contribution in [0, 0.1) is 0 Å². The number of hydrogen-bond acceptors (Lipinski definition) is 6. The number of aliphatic hydroxyl groups is 1. The summed E-state index contributed by atoms with van der Waals surface area (Å²) in [5.41, 5.74) is 5.82. The van der Waals surface area contributed by atoms with Crippen molar-refractivity contribution in [3.63, 3.8) is 0 Å². The highest BCUT2D eigenvalue weighted by molar-refractivity contribution is 5.99. The van der Waals surface area contributed by atoms with Gasteiger partial charge in [-0.15, -0.1) is 0 Å². The molecular weight excluding hydrogens is 482 g/mol. The van der Waals surface area contributed by atoms with E-state index in [1.54, 1.807) is 11.0 Å². The van der Waals surface area contributed by atoms with Gasteiger partial charge in [0.1, 0.15) is 18.0 Å². The maximum atomic E-state index is 12.6.